The summed E-state index contributed by atoms with van der Waals surface area (Å²) in [5, 5.41) is 12.6. The molecule has 29 heavy (non-hydrogen) atoms. The number of alkyl halides is 3. The lowest BCUT2D eigenvalue weighted by atomic mass is 10.2. The normalized spacial score (nSPS) is 11.3. The Morgan fingerprint density at radius 2 is 1.83 bits per heavy atom. The largest absolute Gasteiger partial charge is 0.435 e. The molecule has 0 spiro atoms. The zero-order valence-electron chi connectivity index (χ0n) is 15.3. The van der Waals surface area contributed by atoms with Crippen LogP contribution in [0.1, 0.15) is 23.1 Å². The molecule has 2 amide bonds. The van der Waals surface area contributed by atoms with Crippen molar-refractivity contribution >= 4 is 23.2 Å². The van der Waals surface area contributed by atoms with Crippen LogP contribution in [-0.4, -0.2) is 31.4 Å². The monoisotopic (exact) mass is 406 g/mol. The quantitative estimate of drug-likeness (QED) is 0.658. The van der Waals surface area contributed by atoms with E-state index in [9.17, 15) is 22.8 Å². The summed E-state index contributed by atoms with van der Waals surface area (Å²) in [6.07, 6.45) is -1.97. The highest BCUT2D eigenvalue weighted by Crippen LogP contribution is 2.27. The van der Waals surface area contributed by atoms with Crippen LogP contribution >= 0.6 is 0 Å². The molecule has 8 nitrogen and oxygen atoms in total. The lowest BCUT2D eigenvalue weighted by Crippen LogP contribution is -2.20. The van der Waals surface area contributed by atoms with Crippen molar-refractivity contribution in [2.24, 2.45) is 0 Å². The summed E-state index contributed by atoms with van der Waals surface area (Å²) in [5.74, 6) is -0.918. The molecule has 2 aromatic heterocycles. The molecule has 0 aliphatic carbocycles. The number of carbonyl (C=O) groups excluding carboxylic acids is 2. The van der Waals surface area contributed by atoms with E-state index in [2.05, 4.69) is 20.8 Å². The number of benzene rings is 1. The maximum absolute atomic E-state index is 12.6. The van der Waals surface area contributed by atoms with Crippen LogP contribution in [0, 0.1) is 0 Å². The molecule has 2 heterocycles. The van der Waals surface area contributed by atoms with Crippen molar-refractivity contribution in [1.82, 2.24) is 19.6 Å². The van der Waals surface area contributed by atoms with Crippen molar-refractivity contribution < 1.29 is 22.8 Å². The molecule has 1 aromatic carbocycles. The Bertz CT molecular complexity index is 1020. The first-order chi connectivity index (χ1) is 13.8. The Hall–Kier alpha value is -3.63. The lowest BCUT2D eigenvalue weighted by molar-refractivity contribution is -0.141. The summed E-state index contributed by atoms with van der Waals surface area (Å²) in [7, 11) is 0. The summed E-state index contributed by atoms with van der Waals surface area (Å²) < 4.78 is 40.1. The van der Waals surface area contributed by atoms with Gasteiger partial charge in [0.2, 0.25) is 5.91 Å². The molecule has 0 bridgehead atoms. The third-order valence-corrected chi connectivity index (χ3v) is 3.89. The second kappa shape index (κ2) is 8.17. The number of hydrogen-bond donors (Lipinski definition) is 2. The Balaban J connectivity index is 1.63. The third-order valence-electron chi connectivity index (χ3n) is 3.89. The van der Waals surface area contributed by atoms with Gasteiger partial charge in [0.15, 0.2) is 5.69 Å². The third kappa shape index (κ3) is 5.00. The highest BCUT2D eigenvalue weighted by Gasteiger charge is 2.33. The van der Waals surface area contributed by atoms with Gasteiger partial charge in [0.1, 0.15) is 12.2 Å². The molecule has 0 saturated carbocycles. The van der Waals surface area contributed by atoms with Gasteiger partial charge in [-0.25, -0.2) is 0 Å². The summed E-state index contributed by atoms with van der Waals surface area (Å²) in [5.41, 5.74) is 0.137. The van der Waals surface area contributed by atoms with Gasteiger partial charge >= 0.3 is 6.18 Å². The number of nitrogens with zero attached hydrogens (tertiary/aromatic N) is 4. The molecule has 0 radical (unpaired) electrons. The van der Waals surface area contributed by atoms with E-state index < -0.39 is 17.8 Å². The summed E-state index contributed by atoms with van der Waals surface area (Å²) in [4.78, 5) is 24.4. The molecule has 0 saturated heterocycles. The predicted molar refractivity (Wildman–Crippen MR) is 98.2 cm³/mol. The molecule has 0 aliphatic heterocycles. The Labute approximate surface area is 163 Å². The van der Waals surface area contributed by atoms with E-state index in [0.29, 0.717) is 23.6 Å². The Morgan fingerprint density at radius 1 is 1.10 bits per heavy atom. The topological polar surface area (TPSA) is 93.8 Å². The van der Waals surface area contributed by atoms with E-state index in [1.165, 1.54) is 12.3 Å². The summed E-state index contributed by atoms with van der Waals surface area (Å²) in [6.45, 7) is 2.01. The van der Waals surface area contributed by atoms with Crippen molar-refractivity contribution in [3.8, 4) is 0 Å². The number of carbonyl (C=O) groups is 2. The van der Waals surface area contributed by atoms with Crippen LogP contribution in [0.25, 0.3) is 0 Å². The first-order valence-electron chi connectivity index (χ1n) is 8.60. The van der Waals surface area contributed by atoms with Gasteiger partial charge in [-0.05, 0) is 37.3 Å². The van der Waals surface area contributed by atoms with Crippen LogP contribution in [-0.2, 0) is 24.1 Å². The van der Waals surface area contributed by atoms with Crippen LogP contribution in [0.3, 0.4) is 0 Å². The number of amides is 2. The second-order valence-corrected chi connectivity index (χ2v) is 6.01. The van der Waals surface area contributed by atoms with E-state index in [1.807, 2.05) is 6.92 Å². The van der Waals surface area contributed by atoms with Gasteiger partial charge in [-0.2, -0.15) is 23.4 Å². The summed E-state index contributed by atoms with van der Waals surface area (Å²) >= 11 is 0. The molecular formula is C18H17F3N6O2. The Morgan fingerprint density at radius 3 is 2.48 bits per heavy atom. The van der Waals surface area contributed by atoms with Crippen molar-refractivity contribution in [2.45, 2.75) is 26.2 Å². The first kappa shape index (κ1) is 20.1. The highest BCUT2D eigenvalue weighted by atomic mass is 19.4. The molecule has 2 N–H and O–H groups in total. The van der Waals surface area contributed by atoms with Gasteiger partial charge < -0.3 is 10.6 Å². The zero-order valence-corrected chi connectivity index (χ0v) is 15.3. The lowest BCUT2D eigenvalue weighted by Gasteiger charge is -2.10. The van der Waals surface area contributed by atoms with Gasteiger partial charge in [0.05, 0.1) is 0 Å². The van der Waals surface area contributed by atoms with E-state index in [1.54, 1.807) is 28.9 Å². The van der Waals surface area contributed by atoms with E-state index in [4.69, 9.17) is 0 Å². The van der Waals surface area contributed by atoms with Crippen molar-refractivity contribution in [1.29, 1.82) is 0 Å². The predicted octanol–water partition coefficient (Wildman–Crippen LogP) is 3.01. The molecule has 152 valence electrons. The minimum absolute atomic E-state index is 0.357. The number of rotatable bonds is 6. The van der Waals surface area contributed by atoms with Crippen LogP contribution < -0.4 is 10.6 Å². The molecule has 0 fully saturated rings. The summed E-state index contributed by atoms with van der Waals surface area (Å²) in [6, 6.07) is 8.77. The molecule has 11 heteroatoms. The van der Waals surface area contributed by atoms with Gasteiger partial charge in [-0.15, -0.1) is 0 Å². The fourth-order valence-electron chi connectivity index (χ4n) is 2.60. The number of anilines is 2. The smallest absolute Gasteiger partial charge is 0.324 e. The first-order valence-corrected chi connectivity index (χ1v) is 8.60. The molecular weight excluding hydrogens is 389 g/mol. The number of hydrogen-bond acceptors (Lipinski definition) is 4. The molecule has 3 rings (SSSR count). The molecule has 3 aromatic rings. The van der Waals surface area contributed by atoms with Crippen LogP contribution in [0.2, 0.25) is 0 Å². The number of nitrogens with one attached hydrogen (secondary N) is 2. The average Bonchev–Trinajstić information content (AvgIpc) is 3.30. The zero-order chi connectivity index (χ0) is 21.0. The maximum atomic E-state index is 12.6. The van der Waals surface area contributed by atoms with Gasteiger partial charge in [0.25, 0.3) is 5.91 Å². The van der Waals surface area contributed by atoms with Crippen LogP contribution in [0.4, 0.5) is 24.5 Å². The maximum Gasteiger partial charge on any atom is 0.435 e. The standard InChI is InChI=1S/C18H17F3N6O2/c1-2-27-14(6-8-22-27)17(29)24-13-5-3-4-12(10-13)23-16(28)11-26-9-7-15(25-26)18(19,20)21/h3-10H,2,11H2,1H3,(H,23,28)(H,24,29). The number of halogens is 3. The average molecular weight is 406 g/mol. The van der Waals surface area contributed by atoms with Crippen LogP contribution in [0.15, 0.2) is 48.8 Å². The molecule has 0 unspecified atom stereocenters. The van der Waals surface area contributed by atoms with Crippen LogP contribution in [0.5, 0.6) is 0 Å². The fourth-order valence-corrected chi connectivity index (χ4v) is 2.60. The fraction of sp³-hybridized carbons (Fsp3) is 0.222. The second-order valence-electron chi connectivity index (χ2n) is 6.01. The van der Waals surface area contributed by atoms with E-state index in [0.717, 1.165) is 16.9 Å². The van der Waals surface area contributed by atoms with Crippen molar-refractivity contribution in [3.05, 3.63) is 60.2 Å². The van der Waals surface area contributed by atoms with Crippen molar-refractivity contribution in [3.63, 3.8) is 0 Å². The number of aryl methyl sites for hydroxylation is 1. The Kier molecular flexibility index (Phi) is 5.66. The van der Waals surface area contributed by atoms with Crippen molar-refractivity contribution in [2.75, 3.05) is 10.6 Å². The van der Waals surface area contributed by atoms with Gasteiger partial charge in [0, 0.05) is 30.3 Å². The van der Waals surface area contributed by atoms with E-state index >= 15 is 0 Å². The minimum Gasteiger partial charge on any atom is -0.324 e. The molecule has 0 aliphatic rings. The molecule has 0 atom stereocenters. The highest BCUT2D eigenvalue weighted by molar-refractivity contribution is 6.03. The van der Waals surface area contributed by atoms with Gasteiger partial charge in [-0.3, -0.25) is 19.0 Å². The minimum atomic E-state index is -4.57. The van der Waals surface area contributed by atoms with Gasteiger partial charge in [-0.1, -0.05) is 6.07 Å². The van der Waals surface area contributed by atoms with E-state index in [-0.39, 0.29) is 12.5 Å². The SMILES string of the molecule is CCn1nccc1C(=O)Nc1cccc(NC(=O)Cn2ccc(C(F)(F)F)n2)c1. The number of aromatic nitrogens is 4.